The maximum atomic E-state index is 12.6. The Morgan fingerprint density at radius 2 is 2.00 bits per heavy atom. The van der Waals surface area contributed by atoms with Gasteiger partial charge >= 0.3 is 0 Å². The van der Waals surface area contributed by atoms with E-state index in [9.17, 15) is 4.79 Å². The van der Waals surface area contributed by atoms with Crippen LogP contribution in [0.5, 0.6) is 0 Å². The molecule has 1 amide bonds. The number of aromatic nitrogens is 5. The zero-order valence-corrected chi connectivity index (χ0v) is 14.3. The second kappa shape index (κ2) is 6.79. The molecule has 7 nitrogen and oxygen atoms in total. The third kappa shape index (κ3) is 3.19. The third-order valence-electron chi connectivity index (χ3n) is 4.12. The lowest BCUT2D eigenvalue weighted by Crippen LogP contribution is -2.24. The molecule has 0 radical (unpaired) electrons. The highest BCUT2D eigenvalue weighted by Crippen LogP contribution is 2.10. The number of hydrogen-bond donors (Lipinski definition) is 1. The van der Waals surface area contributed by atoms with Crippen LogP contribution in [0.4, 0.5) is 0 Å². The number of nitrogens with zero attached hydrogens (tertiary/aromatic N) is 5. The van der Waals surface area contributed by atoms with Crippen molar-refractivity contribution in [3.63, 3.8) is 0 Å². The van der Waals surface area contributed by atoms with Gasteiger partial charge in [0, 0.05) is 30.7 Å². The van der Waals surface area contributed by atoms with Crippen LogP contribution in [-0.2, 0) is 13.1 Å². The molecule has 0 aliphatic carbocycles. The zero-order valence-electron chi connectivity index (χ0n) is 14.3. The minimum absolute atomic E-state index is 0.182. The summed E-state index contributed by atoms with van der Waals surface area (Å²) in [6, 6.07) is 11.9. The Kier molecular flexibility index (Phi) is 4.18. The predicted octanol–water partition coefficient (Wildman–Crippen LogP) is 2.21. The van der Waals surface area contributed by atoms with E-state index in [0.717, 1.165) is 5.56 Å². The molecule has 4 aromatic rings. The standard InChI is InChI=1S/C19H18N6O/c1-14-17(25-9-5-8-20-19(25)23-14)18(26)21-10-16-11-22-24(13-16)12-15-6-3-2-4-7-15/h2-9,11,13H,10,12H2,1H3,(H,21,26). The number of nitrogens with one attached hydrogen (secondary N) is 1. The number of carbonyl (C=O) groups excluding carboxylic acids is 1. The first-order valence-electron chi connectivity index (χ1n) is 8.34. The first kappa shape index (κ1) is 16.0. The van der Waals surface area contributed by atoms with Gasteiger partial charge in [0.05, 0.1) is 18.4 Å². The van der Waals surface area contributed by atoms with Crippen LogP contribution in [0, 0.1) is 6.92 Å². The lowest BCUT2D eigenvalue weighted by Gasteiger charge is -2.04. The lowest BCUT2D eigenvalue weighted by atomic mass is 10.2. The molecular weight excluding hydrogens is 328 g/mol. The highest BCUT2D eigenvalue weighted by atomic mass is 16.1. The van der Waals surface area contributed by atoms with Gasteiger partial charge in [0.25, 0.3) is 5.91 Å². The number of imidazole rings is 1. The Hall–Kier alpha value is -3.48. The minimum Gasteiger partial charge on any atom is -0.346 e. The summed E-state index contributed by atoms with van der Waals surface area (Å²) in [6.07, 6.45) is 7.15. The molecule has 26 heavy (non-hydrogen) atoms. The predicted molar refractivity (Wildman–Crippen MR) is 96.7 cm³/mol. The van der Waals surface area contributed by atoms with Crippen LogP contribution in [0.15, 0.2) is 61.2 Å². The first-order chi connectivity index (χ1) is 12.7. The molecule has 0 fully saturated rings. The highest BCUT2D eigenvalue weighted by Gasteiger charge is 2.16. The van der Waals surface area contributed by atoms with Crippen molar-refractivity contribution in [3.05, 3.63) is 83.7 Å². The van der Waals surface area contributed by atoms with E-state index in [-0.39, 0.29) is 5.91 Å². The maximum Gasteiger partial charge on any atom is 0.270 e. The summed E-state index contributed by atoms with van der Waals surface area (Å²) < 4.78 is 3.56. The number of fused-ring (bicyclic) bond motifs is 1. The van der Waals surface area contributed by atoms with E-state index in [2.05, 4.69) is 32.5 Å². The van der Waals surface area contributed by atoms with E-state index in [1.165, 1.54) is 5.56 Å². The van der Waals surface area contributed by atoms with E-state index >= 15 is 0 Å². The van der Waals surface area contributed by atoms with Crippen molar-refractivity contribution in [2.75, 3.05) is 0 Å². The molecule has 0 saturated carbocycles. The van der Waals surface area contributed by atoms with Crippen molar-refractivity contribution in [2.24, 2.45) is 0 Å². The fourth-order valence-corrected chi connectivity index (χ4v) is 2.89. The van der Waals surface area contributed by atoms with Crippen molar-refractivity contribution < 1.29 is 4.79 Å². The molecule has 0 bridgehead atoms. The summed E-state index contributed by atoms with van der Waals surface area (Å²) in [5.41, 5.74) is 3.28. The van der Waals surface area contributed by atoms with E-state index in [1.807, 2.05) is 36.0 Å². The molecule has 3 aromatic heterocycles. The Bertz CT molecular complexity index is 1050. The Morgan fingerprint density at radius 1 is 1.15 bits per heavy atom. The molecule has 0 unspecified atom stereocenters. The highest BCUT2D eigenvalue weighted by molar-refractivity contribution is 5.94. The van der Waals surface area contributed by atoms with Crippen LogP contribution in [0.2, 0.25) is 0 Å². The largest absolute Gasteiger partial charge is 0.346 e. The van der Waals surface area contributed by atoms with Crippen LogP contribution in [0.25, 0.3) is 5.78 Å². The number of amides is 1. The van der Waals surface area contributed by atoms with Gasteiger partial charge in [-0.3, -0.25) is 13.9 Å². The Morgan fingerprint density at radius 3 is 2.85 bits per heavy atom. The average Bonchev–Trinajstić information content (AvgIpc) is 3.23. The first-order valence-corrected chi connectivity index (χ1v) is 8.34. The van der Waals surface area contributed by atoms with Gasteiger partial charge in [-0.2, -0.15) is 5.10 Å². The quantitative estimate of drug-likeness (QED) is 0.601. The molecule has 7 heteroatoms. The normalized spacial score (nSPS) is 11.0. The van der Waals surface area contributed by atoms with Gasteiger partial charge in [0.1, 0.15) is 5.69 Å². The molecule has 3 heterocycles. The summed E-state index contributed by atoms with van der Waals surface area (Å²) in [5.74, 6) is 0.338. The van der Waals surface area contributed by atoms with Gasteiger partial charge in [-0.05, 0) is 18.6 Å². The number of hydrogen-bond acceptors (Lipinski definition) is 4. The summed E-state index contributed by atoms with van der Waals surface area (Å²) >= 11 is 0. The van der Waals surface area contributed by atoms with Gasteiger partial charge in [0.15, 0.2) is 0 Å². The lowest BCUT2D eigenvalue weighted by molar-refractivity contribution is 0.0944. The zero-order chi connectivity index (χ0) is 17.9. The van der Waals surface area contributed by atoms with Gasteiger partial charge in [0.2, 0.25) is 5.78 Å². The average molecular weight is 346 g/mol. The summed E-state index contributed by atoms with van der Waals surface area (Å²) in [6.45, 7) is 2.91. The van der Waals surface area contributed by atoms with E-state index in [1.54, 1.807) is 29.1 Å². The molecular formula is C19H18N6O. The molecule has 0 spiro atoms. The Labute approximate surface area is 150 Å². The van der Waals surface area contributed by atoms with Crippen molar-refractivity contribution in [2.45, 2.75) is 20.0 Å². The fourth-order valence-electron chi connectivity index (χ4n) is 2.89. The molecule has 1 N–H and O–H groups in total. The molecule has 0 saturated heterocycles. The SMILES string of the molecule is Cc1nc2ncccn2c1C(=O)NCc1cnn(Cc2ccccc2)c1. The Balaban J connectivity index is 1.44. The summed E-state index contributed by atoms with van der Waals surface area (Å²) in [5, 5.41) is 7.29. The van der Waals surface area contributed by atoms with Crippen molar-refractivity contribution >= 4 is 11.7 Å². The van der Waals surface area contributed by atoms with Crippen LogP contribution >= 0.6 is 0 Å². The summed E-state index contributed by atoms with van der Waals surface area (Å²) in [4.78, 5) is 21.1. The van der Waals surface area contributed by atoms with Crippen LogP contribution in [0.3, 0.4) is 0 Å². The van der Waals surface area contributed by atoms with Crippen LogP contribution in [-0.4, -0.2) is 30.1 Å². The number of rotatable bonds is 5. The van der Waals surface area contributed by atoms with Crippen molar-refractivity contribution in [3.8, 4) is 0 Å². The van der Waals surface area contributed by atoms with Crippen molar-refractivity contribution in [1.82, 2.24) is 29.5 Å². The second-order valence-electron chi connectivity index (χ2n) is 6.05. The van der Waals surface area contributed by atoms with E-state index in [4.69, 9.17) is 0 Å². The van der Waals surface area contributed by atoms with E-state index < -0.39 is 0 Å². The molecule has 4 rings (SSSR count). The van der Waals surface area contributed by atoms with Gasteiger partial charge in [-0.25, -0.2) is 9.97 Å². The van der Waals surface area contributed by atoms with Gasteiger partial charge < -0.3 is 5.32 Å². The maximum absolute atomic E-state index is 12.6. The topological polar surface area (TPSA) is 77.1 Å². The molecule has 0 aliphatic heterocycles. The van der Waals surface area contributed by atoms with Crippen LogP contribution < -0.4 is 5.32 Å². The summed E-state index contributed by atoms with van der Waals surface area (Å²) in [7, 11) is 0. The van der Waals surface area contributed by atoms with Crippen molar-refractivity contribution in [1.29, 1.82) is 0 Å². The minimum atomic E-state index is -0.182. The van der Waals surface area contributed by atoms with E-state index in [0.29, 0.717) is 30.3 Å². The molecule has 0 aliphatic rings. The third-order valence-corrected chi connectivity index (χ3v) is 4.12. The molecule has 0 atom stereocenters. The second-order valence-corrected chi connectivity index (χ2v) is 6.05. The molecule has 1 aromatic carbocycles. The monoisotopic (exact) mass is 346 g/mol. The number of carbonyl (C=O) groups is 1. The van der Waals surface area contributed by atoms with Gasteiger partial charge in [-0.15, -0.1) is 0 Å². The van der Waals surface area contributed by atoms with Gasteiger partial charge in [-0.1, -0.05) is 30.3 Å². The number of benzene rings is 1. The molecule has 130 valence electrons. The smallest absolute Gasteiger partial charge is 0.270 e. The van der Waals surface area contributed by atoms with Crippen LogP contribution in [0.1, 0.15) is 27.3 Å². The fraction of sp³-hybridized carbons (Fsp3) is 0.158. The number of aryl methyl sites for hydroxylation is 1.